The van der Waals surface area contributed by atoms with E-state index in [1.165, 1.54) is 24.3 Å². The maximum Gasteiger partial charge on any atom is 0.315 e. The molecular weight excluding hydrogens is 334 g/mol. The summed E-state index contributed by atoms with van der Waals surface area (Å²) in [5.74, 6) is -0.372. The lowest BCUT2D eigenvalue weighted by Crippen LogP contribution is -2.11. The molecule has 0 spiro atoms. The summed E-state index contributed by atoms with van der Waals surface area (Å²) in [6.07, 6.45) is 1.55. The van der Waals surface area contributed by atoms with Crippen LogP contribution in [-0.4, -0.2) is 10.9 Å². The van der Waals surface area contributed by atoms with Gasteiger partial charge in [-0.2, -0.15) is 0 Å². The molecule has 1 heterocycles. The molecule has 0 radical (unpaired) electrons. The second-order valence-electron chi connectivity index (χ2n) is 5.83. The fourth-order valence-corrected chi connectivity index (χ4v) is 2.99. The minimum atomic E-state index is -0.535. The van der Waals surface area contributed by atoms with Crippen LogP contribution in [0.15, 0.2) is 71.3 Å². The van der Waals surface area contributed by atoms with E-state index in [0.717, 1.165) is 16.2 Å². The van der Waals surface area contributed by atoms with Crippen LogP contribution in [0.1, 0.15) is 5.56 Å². The average Bonchev–Trinajstić information content (AvgIpc) is 3.05. The average molecular weight is 347 g/mol. The first-order valence-electron chi connectivity index (χ1n) is 7.95. The molecule has 0 amide bonds. The highest BCUT2D eigenvalue weighted by Gasteiger charge is 2.15. The summed E-state index contributed by atoms with van der Waals surface area (Å²) in [6, 6.07) is 17.2. The van der Waals surface area contributed by atoms with Gasteiger partial charge in [-0.3, -0.25) is 14.9 Å². The van der Waals surface area contributed by atoms with Gasteiger partial charge in [-0.05, 0) is 22.9 Å². The maximum absolute atomic E-state index is 12.3. The molecule has 0 aliphatic carbocycles. The number of nitro benzene ring substituents is 1. The number of carbonyl (C=O) groups excluding carboxylic acids is 1. The first kappa shape index (κ1) is 15.8. The van der Waals surface area contributed by atoms with Crippen LogP contribution in [-0.2, 0) is 11.2 Å². The molecule has 0 aliphatic rings. The Kier molecular flexibility index (Phi) is 3.85. The molecule has 0 unspecified atom stereocenters. The number of furan rings is 1. The second-order valence-corrected chi connectivity index (χ2v) is 5.83. The summed E-state index contributed by atoms with van der Waals surface area (Å²) in [7, 11) is 0. The lowest BCUT2D eigenvalue weighted by Gasteiger charge is -2.04. The highest BCUT2D eigenvalue weighted by Crippen LogP contribution is 2.30. The number of ether oxygens (including phenoxy) is 1. The Hall–Kier alpha value is -3.67. The van der Waals surface area contributed by atoms with Crippen molar-refractivity contribution >= 4 is 33.4 Å². The van der Waals surface area contributed by atoms with Gasteiger partial charge in [-0.25, -0.2) is 0 Å². The maximum atomic E-state index is 12.3. The van der Waals surface area contributed by atoms with Gasteiger partial charge < -0.3 is 9.15 Å². The number of nitrogens with zero attached hydrogens (tertiary/aromatic N) is 1. The van der Waals surface area contributed by atoms with E-state index in [2.05, 4.69) is 0 Å². The third-order valence-electron chi connectivity index (χ3n) is 4.13. The summed E-state index contributed by atoms with van der Waals surface area (Å²) >= 11 is 0. The van der Waals surface area contributed by atoms with Crippen molar-refractivity contribution in [3.05, 3.63) is 82.6 Å². The monoisotopic (exact) mass is 347 g/mol. The molecule has 1 aromatic heterocycles. The number of esters is 1. The molecule has 26 heavy (non-hydrogen) atoms. The lowest BCUT2D eigenvalue weighted by atomic mass is 10.0. The van der Waals surface area contributed by atoms with Gasteiger partial charge in [0.1, 0.15) is 11.3 Å². The zero-order valence-electron chi connectivity index (χ0n) is 13.5. The van der Waals surface area contributed by atoms with E-state index in [0.29, 0.717) is 11.1 Å². The Bertz CT molecular complexity index is 1150. The Morgan fingerprint density at radius 1 is 1.08 bits per heavy atom. The third kappa shape index (κ3) is 2.88. The van der Waals surface area contributed by atoms with E-state index < -0.39 is 10.9 Å². The van der Waals surface area contributed by atoms with E-state index in [-0.39, 0.29) is 17.9 Å². The van der Waals surface area contributed by atoms with Crippen LogP contribution >= 0.6 is 0 Å². The highest BCUT2D eigenvalue weighted by atomic mass is 16.6. The van der Waals surface area contributed by atoms with Crippen LogP contribution in [0.25, 0.3) is 21.7 Å². The van der Waals surface area contributed by atoms with Crippen molar-refractivity contribution in [1.82, 2.24) is 0 Å². The van der Waals surface area contributed by atoms with Gasteiger partial charge in [0.25, 0.3) is 5.69 Å². The van der Waals surface area contributed by atoms with Gasteiger partial charge in [0, 0.05) is 17.0 Å². The Morgan fingerprint density at radius 2 is 1.92 bits per heavy atom. The van der Waals surface area contributed by atoms with Crippen molar-refractivity contribution in [2.24, 2.45) is 0 Å². The van der Waals surface area contributed by atoms with Crippen molar-refractivity contribution < 1.29 is 18.9 Å². The molecule has 0 atom stereocenters. The van der Waals surface area contributed by atoms with Gasteiger partial charge in [0.2, 0.25) is 0 Å². The number of carbonyl (C=O) groups is 1. The van der Waals surface area contributed by atoms with Crippen molar-refractivity contribution in [3.8, 4) is 5.75 Å². The highest BCUT2D eigenvalue weighted by molar-refractivity contribution is 6.08. The quantitative estimate of drug-likeness (QED) is 0.232. The van der Waals surface area contributed by atoms with Crippen LogP contribution in [0.3, 0.4) is 0 Å². The molecule has 0 saturated carbocycles. The minimum absolute atomic E-state index is 0.00367. The summed E-state index contributed by atoms with van der Waals surface area (Å²) in [6.45, 7) is 0. The van der Waals surface area contributed by atoms with Crippen LogP contribution in [0.2, 0.25) is 0 Å². The summed E-state index contributed by atoms with van der Waals surface area (Å²) in [4.78, 5) is 22.6. The molecule has 0 aliphatic heterocycles. The van der Waals surface area contributed by atoms with E-state index in [1.54, 1.807) is 6.26 Å². The largest absolute Gasteiger partial charge is 0.464 e. The van der Waals surface area contributed by atoms with E-state index in [1.807, 2.05) is 36.4 Å². The summed E-state index contributed by atoms with van der Waals surface area (Å²) in [5, 5.41) is 13.7. The van der Waals surface area contributed by atoms with Crippen molar-refractivity contribution in [3.63, 3.8) is 0 Å². The SMILES string of the molecule is O=C(Cc1coc2ccc3ccccc3c12)Oc1cccc([N+](=O)[O-])c1. The van der Waals surface area contributed by atoms with Gasteiger partial charge >= 0.3 is 5.97 Å². The molecule has 0 N–H and O–H groups in total. The molecule has 4 rings (SSSR count). The first-order chi connectivity index (χ1) is 12.6. The number of hydrogen-bond donors (Lipinski definition) is 0. The minimum Gasteiger partial charge on any atom is -0.464 e. The van der Waals surface area contributed by atoms with Crippen LogP contribution < -0.4 is 4.74 Å². The molecular formula is C20H13NO5. The van der Waals surface area contributed by atoms with Gasteiger partial charge in [0.05, 0.1) is 23.7 Å². The van der Waals surface area contributed by atoms with E-state index in [4.69, 9.17) is 9.15 Å². The molecule has 4 aromatic rings. The summed E-state index contributed by atoms with van der Waals surface area (Å²) < 4.78 is 10.8. The van der Waals surface area contributed by atoms with Gasteiger partial charge in [0.15, 0.2) is 0 Å². The molecule has 0 saturated heterocycles. The number of benzene rings is 3. The molecule has 6 nitrogen and oxygen atoms in total. The van der Waals surface area contributed by atoms with E-state index >= 15 is 0 Å². The fraction of sp³-hybridized carbons (Fsp3) is 0.0500. The molecule has 6 heteroatoms. The molecule has 128 valence electrons. The topological polar surface area (TPSA) is 82.6 Å². The Labute approximate surface area is 147 Å². The molecule has 0 bridgehead atoms. The van der Waals surface area contributed by atoms with Crippen LogP contribution in [0.5, 0.6) is 5.75 Å². The summed E-state index contributed by atoms with van der Waals surface area (Å²) in [5.41, 5.74) is 1.28. The van der Waals surface area contributed by atoms with Gasteiger partial charge in [-0.1, -0.05) is 36.4 Å². The van der Waals surface area contributed by atoms with Crippen LogP contribution in [0, 0.1) is 10.1 Å². The van der Waals surface area contributed by atoms with Crippen molar-refractivity contribution in [2.45, 2.75) is 6.42 Å². The number of nitro groups is 1. The third-order valence-corrected chi connectivity index (χ3v) is 4.13. The fourth-order valence-electron chi connectivity index (χ4n) is 2.99. The van der Waals surface area contributed by atoms with Crippen molar-refractivity contribution in [1.29, 1.82) is 0 Å². The predicted molar refractivity (Wildman–Crippen MR) is 96.2 cm³/mol. The Morgan fingerprint density at radius 3 is 2.77 bits per heavy atom. The smallest absolute Gasteiger partial charge is 0.315 e. The lowest BCUT2D eigenvalue weighted by molar-refractivity contribution is -0.384. The zero-order chi connectivity index (χ0) is 18.1. The predicted octanol–water partition coefficient (Wildman–Crippen LogP) is 4.64. The Balaban J connectivity index is 1.63. The number of non-ortho nitro benzene ring substituents is 1. The standard InChI is InChI=1S/C20H13NO5/c22-19(26-16-6-3-5-15(11-16)21(23)24)10-14-12-25-18-9-8-13-4-1-2-7-17(13)20(14)18/h1-9,11-12H,10H2. The van der Waals surface area contributed by atoms with Crippen LogP contribution in [0.4, 0.5) is 5.69 Å². The van der Waals surface area contributed by atoms with Gasteiger partial charge in [-0.15, -0.1) is 0 Å². The molecule has 3 aromatic carbocycles. The normalized spacial score (nSPS) is 10.9. The van der Waals surface area contributed by atoms with Crippen molar-refractivity contribution in [2.75, 3.05) is 0 Å². The first-order valence-corrected chi connectivity index (χ1v) is 7.95. The second kappa shape index (κ2) is 6.33. The molecule has 0 fully saturated rings. The number of hydrogen-bond acceptors (Lipinski definition) is 5. The number of rotatable bonds is 4. The zero-order valence-corrected chi connectivity index (χ0v) is 13.5. The number of fused-ring (bicyclic) bond motifs is 3. The van der Waals surface area contributed by atoms with E-state index in [9.17, 15) is 14.9 Å².